The summed E-state index contributed by atoms with van der Waals surface area (Å²) in [5.74, 6) is -0.392. The number of esters is 2. The van der Waals surface area contributed by atoms with Gasteiger partial charge in [-0.3, -0.25) is 9.59 Å². The van der Waals surface area contributed by atoms with E-state index in [1.54, 1.807) is 0 Å². The quantitative estimate of drug-likeness (QED) is 0.716. The molecule has 4 atom stereocenters. The van der Waals surface area contributed by atoms with Crippen LogP contribution in [0.3, 0.4) is 0 Å². The number of carbonyl (C=O) groups is 2. The summed E-state index contributed by atoms with van der Waals surface area (Å²) >= 11 is 0. The van der Waals surface area contributed by atoms with Gasteiger partial charge in [0.05, 0.1) is 12.2 Å². The second-order valence-corrected chi connectivity index (χ2v) is 5.12. The molecule has 1 fully saturated rings. The largest absolute Gasteiger partial charge is 0.463 e. The van der Waals surface area contributed by atoms with Crippen LogP contribution in [0.2, 0.25) is 0 Å². The molecule has 0 amide bonds. The number of hydrogen-bond acceptors (Lipinski definition) is 5. The molecule has 0 aromatic carbocycles. The van der Waals surface area contributed by atoms with Crippen LogP contribution in [-0.4, -0.2) is 36.9 Å². The van der Waals surface area contributed by atoms with Crippen LogP contribution in [-0.2, 0) is 23.8 Å². The Kier molecular flexibility index (Phi) is 5.14. The van der Waals surface area contributed by atoms with Crippen LogP contribution in [0, 0.1) is 11.8 Å². The molecule has 0 spiro atoms. The van der Waals surface area contributed by atoms with Crippen molar-refractivity contribution in [1.29, 1.82) is 0 Å². The van der Waals surface area contributed by atoms with E-state index in [1.165, 1.54) is 13.8 Å². The zero-order valence-corrected chi connectivity index (χ0v) is 11.6. The molecule has 1 aliphatic rings. The van der Waals surface area contributed by atoms with Gasteiger partial charge in [0, 0.05) is 19.8 Å². The van der Waals surface area contributed by atoms with Gasteiger partial charge in [-0.25, -0.2) is 0 Å². The van der Waals surface area contributed by atoms with Crippen molar-refractivity contribution in [3.63, 3.8) is 0 Å². The number of rotatable bonds is 4. The summed E-state index contributed by atoms with van der Waals surface area (Å²) in [5, 5.41) is 0. The normalized spacial score (nSPS) is 31.4. The zero-order chi connectivity index (χ0) is 13.9. The highest BCUT2D eigenvalue weighted by Crippen LogP contribution is 2.33. The van der Waals surface area contributed by atoms with Crippen LogP contribution < -0.4 is 0 Å². The van der Waals surface area contributed by atoms with E-state index < -0.39 is 0 Å². The van der Waals surface area contributed by atoms with Gasteiger partial charge in [0.25, 0.3) is 0 Å². The van der Waals surface area contributed by atoms with E-state index in [0.29, 0.717) is 0 Å². The fourth-order valence-electron chi connectivity index (χ4n) is 2.21. The highest BCUT2D eigenvalue weighted by atomic mass is 16.6. The molecule has 5 nitrogen and oxygen atoms in total. The lowest BCUT2D eigenvalue weighted by Gasteiger charge is -2.23. The van der Waals surface area contributed by atoms with Crippen LogP contribution in [0.5, 0.6) is 0 Å². The average Bonchev–Trinajstić information content (AvgIpc) is 2.53. The van der Waals surface area contributed by atoms with Gasteiger partial charge in [-0.1, -0.05) is 20.8 Å². The first-order valence-electron chi connectivity index (χ1n) is 6.29. The Bertz CT molecular complexity index is 313. The summed E-state index contributed by atoms with van der Waals surface area (Å²) in [7, 11) is 0. The Labute approximate surface area is 108 Å². The Balaban J connectivity index is 2.69. The fourth-order valence-corrected chi connectivity index (χ4v) is 2.21. The molecular weight excluding hydrogens is 236 g/mol. The van der Waals surface area contributed by atoms with Crippen LogP contribution >= 0.6 is 0 Å². The maximum atomic E-state index is 11.1. The minimum Gasteiger partial charge on any atom is -0.463 e. The van der Waals surface area contributed by atoms with Gasteiger partial charge in [-0.15, -0.1) is 0 Å². The molecule has 1 saturated heterocycles. The Morgan fingerprint density at radius 3 is 2.28 bits per heavy atom. The molecule has 0 radical (unpaired) electrons. The van der Waals surface area contributed by atoms with Crippen LogP contribution in [0.25, 0.3) is 0 Å². The lowest BCUT2D eigenvalue weighted by molar-refractivity contribution is -0.151. The highest BCUT2D eigenvalue weighted by molar-refractivity contribution is 5.66. The first-order valence-corrected chi connectivity index (χ1v) is 6.29. The maximum Gasteiger partial charge on any atom is 0.303 e. The lowest BCUT2D eigenvalue weighted by atomic mass is 9.93. The summed E-state index contributed by atoms with van der Waals surface area (Å²) in [6.07, 6.45) is -0.641. The molecule has 0 saturated carbocycles. The second kappa shape index (κ2) is 6.18. The van der Waals surface area contributed by atoms with E-state index >= 15 is 0 Å². The highest BCUT2D eigenvalue weighted by Gasteiger charge is 2.45. The molecule has 1 unspecified atom stereocenters. The SMILES string of the molecule is CC(=O)OC[C@@H]1OC(C(C)C)[C@@H](OC(C)=O)[C@@H]1C. The molecule has 0 N–H and O–H groups in total. The minimum atomic E-state index is -0.331. The van der Waals surface area contributed by atoms with E-state index in [1.807, 2.05) is 20.8 Å². The average molecular weight is 258 g/mol. The summed E-state index contributed by atoms with van der Waals surface area (Å²) in [5.41, 5.74) is 0. The molecule has 104 valence electrons. The maximum absolute atomic E-state index is 11.1. The van der Waals surface area contributed by atoms with Gasteiger partial charge in [0.1, 0.15) is 12.7 Å². The molecule has 1 rings (SSSR count). The third kappa shape index (κ3) is 3.70. The molecule has 0 aromatic rings. The molecule has 0 aliphatic carbocycles. The number of ether oxygens (including phenoxy) is 3. The first-order chi connectivity index (χ1) is 8.32. The van der Waals surface area contributed by atoms with Crippen LogP contribution in [0.4, 0.5) is 0 Å². The summed E-state index contributed by atoms with van der Waals surface area (Å²) in [6.45, 7) is 8.94. The summed E-state index contributed by atoms with van der Waals surface area (Å²) in [4.78, 5) is 21.9. The molecule has 1 aliphatic heterocycles. The van der Waals surface area contributed by atoms with Gasteiger partial charge in [0.15, 0.2) is 0 Å². The van der Waals surface area contributed by atoms with Crippen molar-refractivity contribution in [2.45, 2.75) is 52.9 Å². The zero-order valence-electron chi connectivity index (χ0n) is 11.6. The van der Waals surface area contributed by atoms with E-state index in [4.69, 9.17) is 14.2 Å². The smallest absolute Gasteiger partial charge is 0.303 e. The van der Waals surface area contributed by atoms with Crippen molar-refractivity contribution in [3.05, 3.63) is 0 Å². The summed E-state index contributed by atoms with van der Waals surface area (Å²) in [6, 6.07) is 0. The Hall–Kier alpha value is -1.10. The van der Waals surface area contributed by atoms with Crippen molar-refractivity contribution in [2.24, 2.45) is 11.8 Å². The molecular formula is C13H22O5. The molecule has 0 aromatic heterocycles. The first kappa shape index (κ1) is 15.0. The second-order valence-electron chi connectivity index (χ2n) is 5.12. The topological polar surface area (TPSA) is 61.8 Å². The molecule has 0 bridgehead atoms. The van der Waals surface area contributed by atoms with Crippen molar-refractivity contribution in [2.75, 3.05) is 6.61 Å². The predicted molar refractivity (Wildman–Crippen MR) is 64.9 cm³/mol. The van der Waals surface area contributed by atoms with Crippen molar-refractivity contribution in [1.82, 2.24) is 0 Å². The summed E-state index contributed by atoms with van der Waals surface area (Å²) < 4.78 is 16.1. The van der Waals surface area contributed by atoms with E-state index in [2.05, 4.69) is 0 Å². The molecule has 5 heteroatoms. The van der Waals surface area contributed by atoms with Crippen LogP contribution in [0.1, 0.15) is 34.6 Å². The fraction of sp³-hybridized carbons (Fsp3) is 0.846. The number of carbonyl (C=O) groups excluding carboxylic acids is 2. The van der Waals surface area contributed by atoms with E-state index in [9.17, 15) is 9.59 Å². The van der Waals surface area contributed by atoms with E-state index in [0.717, 1.165) is 0 Å². The van der Waals surface area contributed by atoms with Gasteiger partial charge < -0.3 is 14.2 Å². The van der Waals surface area contributed by atoms with Gasteiger partial charge in [-0.05, 0) is 5.92 Å². The molecule has 18 heavy (non-hydrogen) atoms. The number of hydrogen-bond donors (Lipinski definition) is 0. The van der Waals surface area contributed by atoms with Crippen molar-refractivity contribution in [3.8, 4) is 0 Å². The minimum absolute atomic E-state index is 0.0145. The monoisotopic (exact) mass is 258 g/mol. The van der Waals surface area contributed by atoms with E-state index in [-0.39, 0.29) is 48.7 Å². The van der Waals surface area contributed by atoms with Gasteiger partial charge >= 0.3 is 11.9 Å². The lowest BCUT2D eigenvalue weighted by Crippen LogP contribution is -2.34. The Morgan fingerprint density at radius 2 is 1.83 bits per heavy atom. The third-order valence-electron chi connectivity index (χ3n) is 3.17. The van der Waals surface area contributed by atoms with Crippen molar-refractivity contribution < 1.29 is 23.8 Å². The predicted octanol–water partition coefficient (Wildman–Crippen LogP) is 1.54. The van der Waals surface area contributed by atoms with Gasteiger partial charge in [-0.2, -0.15) is 0 Å². The molecule has 1 heterocycles. The Morgan fingerprint density at radius 1 is 1.22 bits per heavy atom. The van der Waals surface area contributed by atoms with Crippen LogP contribution in [0.15, 0.2) is 0 Å². The van der Waals surface area contributed by atoms with Gasteiger partial charge in [0.2, 0.25) is 0 Å². The standard InChI is InChI=1S/C13H22O5/c1-7(2)12-13(17-10(5)15)8(3)11(18-12)6-16-9(4)14/h7-8,11-13H,6H2,1-5H3/t8-,11+,12?,13+/m1/s1. The van der Waals surface area contributed by atoms with Crippen molar-refractivity contribution >= 4 is 11.9 Å². The third-order valence-corrected chi connectivity index (χ3v) is 3.17.